The molecule has 3 heterocycles. The number of hydrogen-bond acceptors (Lipinski definition) is 5. The lowest BCUT2D eigenvalue weighted by molar-refractivity contribution is 0.0677. The van der Waals surface area contributed by atoms with E-state index in [9.17, 15) is 18.7 Å². The van der Waals surface area contributed by atoms with E-state index in [0.29, 0.717) is 42.6 Å². The summed E-state index contributed by atoms with van der Waals surface area (Å²) in [4.78, 5) is 20.9. The van der Waals surface area contributed by atoms with Crippen molar-refractivity contribution in [3.8, 4) is 17.0 Å². The number of nitrogens with zero attached hydrogens (tertiary/aromatic N) is 3. The van der Waals surface area contributed by atoms with Crippen LogP contribution in [0.1, 0.15) is 49.9 Å². The Balaban J connectivity index is 1.31. The van der Waals surface area contributed by atoms with Gasteiger partial charge in [0.2, 0.25) is 0 Å². The number of carbonyl (C=O) groups is 1. The molecule has 190 valence electrons. The maximum atomic E-state index is 14.9. The van der Waals surface area contributed by atoms with Crippen LogP contribution in [0.3, 0.4) is 0 Å². The van der Waals surface area contributed by atoms with E-state index in [2.05, 4.69) is 9.88 Å². The van der Waals surface area contributed by atoms with Gasteiger partial charge in [0.1, 0.15) is 17.2 Å². The summed E-state index contributed by atoms with van der Waals surface area (Å²) in [5, 5.41) is 9.46. The lowest BCUT2D eigenvalue weighted by Crippen LogP contribution is -2.41. The van der Waals surface area contributed by atoms with E-state index in [0.717, 1.165) is 38.8 Å². The molecule has 0 aliphatic carbocycles. The number of piperidine rings is 1. The Morgan fingerprint density at radius 2 is 1.94 bits per heavy atom. The molecule has 1 N–H and O–H groups in total. The molecule has 2 aromatic rings. The Morgan fingerprint density at radius 3 is 2.57 bits per heavy atom. The van der Waals surface area contributed by atoms with Gasteiger partial charge in [-0.15, -0.1) is 0 Å². The number of halogens is 2. The fourth-order valence-corrected chi connectivity index (χ4v) is 5.00. The van der Waals surface area contributed by atoms with Crippen LogP contribution in [0.15, 0.2) is 36.5 Å². The third-order valence-corrected chi connectivity index (χ3v) is 6.87. The molecule has 0 spiro atoms. The number of carbonyl (C=O) groups excluding carboxylic acids is 1. The normalized spacial score (nSPS) is 19.8. The van der Waals surface area contributed by atoms with E-state index in [1.807, 2.05) is 0 Å². The third-order valence-electron chi connectivity index (χ3n) is 6.87. The van der Waals surface area contributed by atoms with Crippen molar-refractivity contribution in [2.45, 2.75) is 51.2 Å². The highest BCUT2D eigenvalue weighted by Gasteiger charge is 2.29. The Kier molecular flexibility index (Phi) is 8.02. The minimum Gasteiger partial charge on any atom is -0.492 e. The zero-order chi connectivity index (χ0) is 25.0. The number of amides is 1. The minimum atomic E-state index is -1.18. The van der Waals surface area contributed by atoms with Gasteiger partial charge in [0.15, 0.2) is 0 Å². The van der Waals surface area contributed by atoms with Crippen molar-refractivity contribution >= 4 is 5.91 Å². The van der Waals surface area contributed by atoms with Crippen LogP contribution < -0.4 is 4.74 Å². The largest absolute Gasteiger partial charge is 0.492 e. The van der Waals surface area contributed by atoms with Gasteiger partial charge in [-0.05, 0) is 88.9 Å². The van der Waals surface area contributed by atoms with Crippen molar-refractivity contribution in [3.05, 3.63) is 47.9 Å². The monoisotopic (exact) mass is 487 g/mol. The number of rotatable bonds is 8. The van der Waals surface area contributed by atoms with E-state index in [-0.39, 0.29) is 24.1 Å². The molecule has 1 aromatic carbocycles. The lowest BCUT2D eigenvalue weighted by atomic mass is 9.97. The highest BCUT2D eigenvalue weighted by Crippen LogP contribution is 2.27. The zero-order valence-corrected chi connectivity index (χ0v) is 20.6. The highest BCUT2D eigenvalue weighted by atomic mass is 19.1. The van der Waals surface area contributed by atoms with Gasteiger partial charge < -0.3 is 19.6 Å². The molecule has 0 saturated carbocycles. The van der Waals surface area contributed by atoms with Gasteiger partial charge in [-0.3, -0.25) is 9.78 Å². The summed E-state index contributed by atoms with van der Waals surface area (Å²) in [6, 6.07) is 7.71. The SMILES string of the molecule is CC(C)(F)CN1CCC(COc2ccc(-c3ccc(C(=O)N4CCCC4CO)cc3F)nc2)CC1. The number of aromatic nitrogens is 1. The average Bonchev–Trinajstić information content (AvgIpc) is 3.31. The van der Waals surface area contributed by atoms with Crippen LogP contribution >= 0.6 is 0 Å². The first-order valence-electron chi connectivity index (χ1n) is 12.5. The smallest absolute Gasteiger partial charge is 0.254 e. The van der Waals surface area contributed by atoms with Crippen LogP contribution in [0.5, 0.6) is 5.75 Å². The molecule has 0 radical (unpaired) electrons. The second-order valence-corrected chi connectivity index (χ2v) is 10.3. The van der Waals surface area contributed by atoms with Crippen LogP contribution in [-0.2, 0) is 0 Å². The molecule has 1 amide bonds. The van der Waals surface area contributed by atoms with E-state index < -0.39 is 11.5 Å². The van der Waals surface area contributed by atoms with Crippen molar-refractivity contribution in [2.24, 2.45) is 5.92 Å². The fourth-order valence-electron chi connectivity index (χ4n) is 5.00. The molecule has 6 nitrogen and oxygen atoms in total. The first kappa shape index (κ1) is 25.5. The highest BCUT2D eigenvalue weighted by molar-refractivity contribution is 5.95. The maximum absolute atomic E-state index is 14.9. The Morgan fingerprint density at radius 1 is 1.17 bits per heavy atom. The lowest BCUT2D eigenvalue weighted by Gasteiger charge is -2.34. The van der Waals surface area contributed by atoms with Crippen LogP contribution in [0.2, 0.25) is 0 Å². The van der Waals surface area contributed by atoms with Gasteiger partial charge in [0, 0.05) is 24.2 Å². The maximum Gasteiger partial charge on any atom is 0.254 e. The second kappa shape index (κ2) is 11.0. The van der Waals surface area contributed by atoms with Crippen molar-refractivity contribution in [1.29, 1.82) is 0 Å². The van der Waals surface area contributed by atoms with E-state index in [4.69, 9.17) is 4.74 Å². The molecule has 1 aromatic heterocycles. The van der Waals surface area contributed by atoms with E-state index in [1.54, 1.807) is 49.2 Å². The molecular weight excluding hydrogens is 452 g/mol. The van der Waals surface area contributed by atoms with Gasteiger partial charge in [0.05, 0.1) is 31.1 Å². The molecule has 8 heteroatoms. The summed E-state index contributed by atoms with van der Waals surface area (Å²) in [6.45, 7) is 6.49. The van der Waals surface area contributed by atoms with Gasteiger partial charge in [-0.25, -0.2) is 8.78 Å². The molecule has 2 aliphatic rings. The fraction of sp³-hybridized carbons (Fsp3) is 0.556. The number of pyridine rings is 1. The van der Waals surface area contributed by atoms with Crippen molar-refractivity contribution in [1.82, 2.24) is 14.8 Å². The summed E-state index contributed by atoms with van der Waals surface area (Å²) in [7, 11) is 0. The molecule has 35 heavy (non-hydrogen) atoms. The molecule has 2 aliphatic heterocycles. The number of alkyl halides is 1. The summed E-state index contributed by atoms with van der Waals surface area (Å²) in [5.41, 5.74) is -0.127. The number of ether oxygens (including phenoxy) is 1. The minimum absolute atomic E-state index is 0.0820. The molecule has 2 saturated heterocycles. The molecular formula is C27H35F2N3O3. The molecule has 0 bridgehead atoms. The van der Waals surface area contributed by atoms with Gasteiger partial charge in [-0.1, -0.05) is 0 Å². The summed E-state index contributed by atoms with van der Waals surface area (Å²) >= 11 is 0. The standard InChI is InChI=1S/C27H35F2N3O3/c1-27(2,29)18-31-12-9-19(10-13-31)17-35-22-6-8-25(30-15-22)23-7-5-20(14-24(23)28)26(34)32-11-3-4-21(32)16-33/h5-8,14-15,19,21,33H,3-4,9-13,16-18H2,1-2H3. The first-order chi connectivity index (χ1) is 16.7. The number of likely N-dealkylation sites (tertiary alicyclic amines) is 2. The molecule has 1 atom stereocenters. The Hall–Kier alpha value is -2.58. The quantitative estimate of drug-likeness (QED) is 0.601. The van der Waals surface area contributed by atoms with Crippen molar-refractivity contribution < 1.29 is 23.4 Å². The van der Waals surface area contributed by atoms with E-state index >= 15 is 0 Å². The first-order valence-corrected chi connectivity index (χ1v) is 12.5. The van der Waals surface area contributed by atoms with Crippen LogP contribution in [0.25, 0.3) is 11.3 Å². The molecule has 4 rings (SSSR count). The molecule has 1 unspecified atom stereocenters. The Bertz CT molecular complexity index is 1000. The number of benzene rings is 1. The topological polar surface area (TPSA) is 65.9 Å². The van der Waals surface area contributed by atoms with Gasteiger partial charge in [0.25, 0.3) is 5.91 Å². The summed E-state index contributed by atoms with van der Waals surface area (Å²) in [6.07, 6.45) is 5.12. The van der Waals surface area contributed by atoms with Crippen molar-refractivity contribution in [2.75, 3.05) is 39.4 Å². The second-order valence-electron chi connectivity index (χ2n) is 10.3. The van der Waals surface area contributed by atoms with Gasteiger partial charge in [-0.2, -0.15) is 0 Å². The predicted octanol–water partition coefficient (Wildman–Crippen LogP) is 4.32. The van der Waals surface area contributed by atoms with Crippen LogP contribution in [-0.4, -0.2) is 76.9 Å². The van der Waals surface area contributed by atoms with Crippen LogP contribution in [0.4, 0.5) is 8.78 Å². The summed E-state index contributed by atoms with van der Waals surface area (Å²) < 4.78 is 34.6. The predicted molar refractivity (Wildman–Crippen MR) is 131 cm³/mol. The Labute approximate surface area is 205 Å². The zero-order valence-electron chi connectivity index (χ0n) is 20.6. The number of aliphatic hydroxyl groups is 1. The number of aliphatic hydroxyl groups excluding tert-OH is 1. The van der Waals surface area contributed by atoms with E-state index in [1.165, 1.54) is 6.07 Å². The molecule has 2 fully saturated rings. The number of hydrogen-bond donors (Lipinski definition) is 1. The summed E-state index contributed by atoms with van der Waals surface area (Å²) in [5.74, 6) is 0.262. The average molecular weight is 488 g/mol. The third kappa shape index (κ3) is 6.55. The van der Waals surface area contributed by atoms with Crippen molar-refractivity contribution in [3.63, 3.8) is 0 Å². The van der Waals surface area contributed by atoms with Crippen LogP contribution in [0, 0.1) is 11.7 Å². The van der Waals surface area contributed by atoms with Gasteiger partial charge >= 0.3 is 0 Å².